The molecule has 0 aliphatic rings. The van der Waals surface area contributed by atoms with Crippen LogP contribution in [0.5, 0.6) is 0 Å². The summed E-state index contributed by atoms with van der Waals surface area (Å²) in [7, 11) is 0. The van der Waals surface area contributed by atoms with Gasteiger partial charge in [-0.1, -0.05) is 70.9 Å². The van der Waals surface area contributed by atoms with Crippen molar-refractivity contribution in [3.63, 3.8) is 0 Å². The average molecular weight is 283 g/mol. The predicted octanol–water partition coefficient (Wildman–Crippen LogP) is 6.67. The molecule has 1 nitrogen and oxygen atoms in total. The van der Waals surface area contributed by atoms with Crippen molar-refractivity contribution in [1.29, 1.82) is 0 Å². The van der Waals surface area contributed by atoms with Gasteiger partial charge in [-0.25, -0.2) is 0 Å². The van der Waals surface area contributed by atoms with Gasteiger partial charge in [0.1, 0.15) is 0 Å². The Morgan fingerprint density at radius 3 is 1.70 bits per heavy atom. The van der Waals surface area contributed by atoms with E-state index in [4.69, 9.17) is 4.74 Å². The van der Waals surface area contributed by atoms with Crippen molar-refractivity contribution in [2.24, 2.45) is 0 Å². The van der Waals surface area contributed by atoms with Crippen LogP contribution in [0, 0.1) is 0 Å². The minimum Gasteiger partial charge on any atom is -0.381 e. The van der Waals surface area contributed by atoms with Gasteiger partial charge < -0.3 is 4.74 Å². The zero-order valence-electron chi connectivity index (χ0n) is 14.2. The van der Waals surface area contributed by atoms with Crippen LogP contribution in [0.2, 0.25) is 0 Å². The number of rotatable bonds is 16. The highest BCUT2D eigenvalue weighted by Crippen LogP contribution is 2.08. The minimum absolute atomic E-state index is 0.958. The third kappa shape index (κ3) is 17.7. The van der Waals surface area contributed by atoms with Crippen molar-refractivity contribution in [3.8, 4) is 0 Å². The molecule has 0 aromatic heterocycles. The monoisotopic (exact) mass is 282 g/mol. The van der Waals surface area contributed by atoms with Crippen LogP contribution in [0.15, 0.2) is 12.2 Å². The quantitative estimate of drug-likeness (QED) is 0.227. The second kappa shape index (κ2) is 18.7. The zero-order valence-corrected chi connectivity index (χ0v) is 14.2. The van der Waals surface area contributed by atoms with E-state index in [0.29, 0.717) is 0 Å². The Morgan fingerprint density at radius 2 is 1.05 bits per heavy atom. The maximum Gasteiger partial charge on any atom is 0.0466 e. The lowest BCUT2D eigenvalue weighted by Crippen LogP contribution is -1.96. The van der Waals surface area contributed by atoms with E-state index in [1.165, 1.54) is 83.5 Å². The minimum atomic E-state index is 0.958. The van der Waals surface area contributed by atoms with Gasteiger partial charge in [0, 0.05) is 13.2 Å². The van der Waals surface area contributed by atoms with Crippen LogP contribution in [-0.4, -0.2) is 13.2 Å². The van der Waals surface area contributed by atoms with Gasteiger partial charge in [-0.2, -0.15) is 0 Å². The van der Waals surface area contributed by atoms with E-state index in [1.807, 2.05) is 0 Å². The van der Waals surface area contributed by atoms with E-state index in [2.05, 4.69) is 26.0 Å². The summed E-state index contributed by atoms with van der Waals surface area (Å²) in [6.45, 7) is 6.41. The summed E-state index contributed by atoms with van der Waals surface area (Å²) >= 11 is 0. The number of allylic oxidation sites excluding steroid dienone is 2. The third-order valence-electron chi connectivity index (χ3n) is 3.69. The number of hydrogen-bond acceptors (Lipinski definition) is 1. The molecule has 0 rings (SSSR count). The van der Waals surface area contributed by atoms with Gasteiger partial charge in [-0.05, 0) is 38.5 Å². The molecule has 0 atom stereocenters. The Balaban J connectivity index is 3.00. The molecule has 0 amide bonds. The molecule has 0 saturated carbocycles. The van der Waals surface area contributed by atoms with Crippen molar-refractivity contribution in [1.82, 2.24) is 0 Å². The van der Waals surface area contributed by atoms with E-state index < -0.39 is 0 Å². The van der Waals surface area contributed by atoms with Gasteiger partial charge in [0.05, 0.1) is 0 Å². The summed E-state index contributed by atoms with van der Waals surface area (Å²) in [5.74, 6) is 0. The zero-order chi connectivity index (χ0) is 14.7. The molecule has 0 spiro atoms. The first-order valence-corrected chi connectivity index (χ1v) is 9.14. The summed E-state index contributed by atoms with van der Waals surface area (Å²) in [6, 6.07) is 0. The maximum atomic E-state index is 5.56. The fourth-order valence-corrected chi connectivity index (χ4v) is 2.27. The molecule has 0 aliphatic heterocycles. The molecule has 20 heavy (non-hydrogen) atoms. The Bertz CT molecular complexity index is 186. The van der Waals surface area contributed by atoms with Gasteiger partial charge in [0.25, 0.3) is 0 Å². The highest BCUT2D eigenvalue weighted by atomic mass is 16.5. The van der Waals surface area contributed by atoms with Gasteiger partial charge >= 0.3 is 0 Å². The van der Waals surface area contributed by atoms with E-state index >= 15 is 0 Å². The van der Waals surface area contributed by atoms with Gasteiger partial charge in [-0.15, -0.1) is 0 Å². The van der Waals surface area contributed by atoms with Crippen LogP contribution in [-0.2, 0) is 4.74 Å². The molecule has 0 heterocycles. The topological polar surface area (TPSA) is 9.23 Å². The Labute approximate surface area is 128 Å². The summed E-state index contributed by atoms with van der Waals surface area (Å²) in [5.41, 5.74) is 0. The normalized spacial score (nSPS) is 11.5. The van der Waals surface area contributed by atoms with Crippen LogP contribution >= 0.6 is 0 Å². The van der Waals surface area contributed by atoms with Crippen LogP contribution in [0.3, 0.4) is 0 Å². The molecule has 0 bridgehead atoms. The lowest BCUT2D eigenvalue weighted by molar-refractivity contribution is 0.127. The van der Waals surface area contributed by atoms with Gasteiger partial charge in [0.15, 0.2) is 0 Å². The van der Waals surface area contributed by atoms with Gasteiger partial charge in [-0.3, -0.25) is 0 Å². The molecule has 0 unspecified atom stereocenters. The molecule has 0 fully saturated rings. The first kappa shape index (κ1) is 19.7. The van der Waals surface area contributed by atoms with Crippen LogP contribution in [0.25, 0.3) is 0 Å². The van der Waals surface area contributed by atoms with Crippen molar-refractivity contribution in [2.75, 3.05) is 13.2 Å². The molecule has 0 N–H and O–H groups in total. The van der Waals surface area contributed by atoms with E-state index in [0.717, 1.165) is 13.2 Å². The Hall–Kier alpha value is -0.300. The lowest BCUT2D eigenvalue weighted by Gasteiger charge is -2.03. The molecule has 0 aromatic rings. The van der Waals surface area contributed by atoms with Crippen molar-refractivity contribution in [2.45, 2.75) is 97.3 Å². The molecule has 120 valence electrons. The predicted molar refractivity (Wildman–Crippen MR) is 91.3 cm³/mol. The Morgan fingerprint density at radius 1 is 0.550 bits per heavy atom. The SMILES string of the molecule is CCCCCCC=CCCCCCCCOCCCC. The third-order valence-corrected chi connectivity index (χ3v) is 3.69. The molecular formula is C19H38O. The summed E-state index contributed by atoms with van der Waals surface area (Å²) in [4.78, 5) is 0. The van der Waals surface area contributed by atoms with E-state index in [9.17, 15) is 0 Å². The standard InChI is InChI=1S/C19H38O/c1-3-5-7-8-9-10-11-12-13-14-15-16-17-19-20-18-6-4-2/h10-11H,3-9,12-19H2,1-2H3. The maximum absolute atomic E-state index is 5.56. The lowest BCUT2D eigenvalue weighted by atomic mass is 10.1. The smallest absolute Gasteiger partial charge is 0.0466 e. The average Bonchev–Trinajstić information content (AvgIpc) is 2.47. The summed E-state index contributed by atoms with van der Waals surface area (Å²) < 4.78 is 5.56. The van der Waals surface area contributed by atoms with Crippen molar-refractivity contribution >= 4 is 0 Å². The number of unbranched alkanes of at least 4 members (excludes halogenated alkanes) is 10. The van der Waals surface area contributed by atoms with Crippen molar-refractivity contribution in [3.05, 3.63) is 12.2 Å². The molecule has 0 radical (unpaired) electrons. The largest absolute Gasteiger partial charge is 0.381 e. The second-order valence-electron chi connectivity index (χ2n) is 5.84. The second-order valence-corrected chi connectivity index (χ2v) is 5.84. The van der Waals surface area contributed by atoms with E-state index in [1.54, 1.807) is 0 Å². The molecule has 0 saturated heterocycles. The fourth-order valence-electron chi connectivity index (χ4n) is 2.27. The van der Waals surface area contributed by atoms with Crippen LogP contribution < -0.4 is 0 Å². The molecule has 0 aliphatic carbocycles. The van der Waals surface area contributed by atoms with Gasteiger partial charge in [0.2, 0.25) is 0 Å². The molecule has 0 aromatic carbocycles. The summed E-state index contributed by atoms with van der Waals surface area (Å²) in [5, 5.41) is 0. The number of ether oxygens (including phenoxy) is 1. The first-order valence-electron chi connectivity index (χ1n) is 9.14. The fraction of sp³-hybridized carbons (Fsp3) is 0.895. The first-order chi connectivity index (χ1) is 9.91. The van der Waals surface area contributed by atoms with E-state index in [-0.39, 0.29) is 0 Å². The molecule has 1 heteroatoms. The Kier molecular flexibility index (Phi) is 18.4. The van der Waals surface area contributed by atoms with Crippen LogP contribution in [0.1, 0.15) is 97.3 Å². The van der Waals surface area contributed by atoms with Crippen LogP contribution in [0.4, 0.5) is 0 Å². The molecular weight excluding hydrogens is 244 g/mol. The summed E-state index contributed by atoms with van der Waals surface area (Å²) in [6.07, 6.45) is 22.0. The number of hydrogen-bond donors (Lipinski definition) is 0. The highest BCUT2D eigenvalue weighted by Gasteiger charge is 1.91. The van der Waals surface area contributed by atoms with Crippen molar-refractivity contribution < 1.29 is 4.74 Å². The highest BCUT2D eigenvalue weighted by molar-refractivity contribution is 4.81.